The first kappa shape index (κ1) is 14.6. The highest BCUT2D eigenvalue weighted by molar-refractivity contribution is 6.05. The molecule has 0 unspecified atom stereocenters. The summed E-state index contributed by atoms with van der Waals surface area (Å²) in [5.74, 6) is -0.109. The van der Waals surface area contributed by atoms with Crippen LogP contribution in [0.2, 0.25) is 0 Å². The number of rotatable bonds is 3. The molecular formula is C18H21N3O. The van der Waals surface area contributed by atoms with E-state index in [0.29, 0.717) is 5.56 Å². The Labute approximate surface area is 131 Å². The quantitative estimate of drug-likeness (QED) is 0.942. The van der Waals surface area contributed by atoms with E-state index in [0.717, 1.165) is 35.6 Å². The van der Waals surface area contributed by atoms with Gasteiger partial charge < -0.3 is 10.2 Å². The summed E-state index contributed by atoms with van der Waals surface area (Å²) >= 11 is 0. The van der Waals surface area contributed by atoms with Crippen LogP contribution in [0.5, 0.6) is 0 Å². The maximum atomic E-state index is 12.5. The standard InChI is InChI=1S/C18H21N3O/c1-13-5-6-14(2)17(9-13)20-18(22)15-10-16(12-19-11-15)21-7-3-4-8-21/h5-6,9-12H,3-4,7-8H2,1-2H3,(H,20,22). The van der Waals surface area contributed by atoms with E-state index in [1.807, 2.05) is 44.3 Å². The zero-order valence-electron chi connectivity index (χ0n) is 13.1. The van der Waals surface area contributed by atoms with E-state index >= 15 is 0 Å². The minimum atomic E-state index is -0.109. The normalized spacial score (nSPS) is 14.2. The first-order valence-corrected chi connectivity index (χ1v) is 7.72. The molecule has 114 valence electrons. The number of nitrogens with zero attached hydrogens (tertiary/aromatic N) is 2. The van der Waals surface area contributed by atoms with E-state index in [4.69, 9.17) is 0 Å². The summed E-state index contributed by atoms with van der Waals surface area (Å²) in [6, 6.07) is 7.98. The largest absolute Gasteiger partial charge is 0.370 e. The highest BCUT2D eigenvalue weighted by Gasteiger charge is 2.15. The van der Waals surface area contributed by atoms with Crippen molar-refractivity contribution >= 4 is 17.3 Å². The lowest BCUT2D eigenvalue weighted by Crippen LogP contribution is -2.19. The first-order chi connectivity index (χ1) is 10.6. The molecule has 0 atom stereocenters. The Morgan fingerprint density at radius 3 is 2.68 bits per heavy atom. The highest BCUT2D eigenvalue weighted by atomic mass is 16.1. The molecule has 0 aliphatic carbocycles. The van der Waals surface area contributed by atoms with E-state index in [1.165, 1.54) is 12.8 Å². The summed E-state index contributed by atoms with van der Waals surface area (Å²) in [5.41, 5.74) is 4.68. The lowest BCUT2D eigenvalue weighted by molar-refractivity contribution is 0.102. The topological polar surface area (TPSA) is 45.2 Å². The number of aromatic nitrogens is 1. The van der Waals surface area contributed by atoms with Crippen molar-refractivity contribution in [2.45, 2.75) is 26.7 Å². The fourth-order valence-electron chi connectivity index (χ4n) is 2.77. The molecule has 0 saturated carbocycles. The maximum absolute atomic E-state index is 12.5. The van der Waals surface area contributed by atoms with Crippen LogP contribution in [-0.2, 0) is 0 Å². The van der Waals surface area contributed by atoms with Crippen LogP contribution in [0, 0.1) is 13.8 Å². The first-order valence-electron chi connectivity index (χ1n) is 7.72. The van der Waals surface area contributed by atoms with Crippen molar-refractivity contribution < 1.29 is 4.79 Å². The monoisotopic (exact) mass is 295 g/mol. The van der Waals surface area contributed by atoms with Crippen LogP contribution in [-0.4, -0.2) is 24.0 Å². The number of hydrogen-bond donors (Lipinski definition) is 1. The molecule has 0 bridgehead atoms. The third-order valence-corrected chi connectivity index (χ3v) is 4.10. The molecule has 1 fully saturated rings. The van der Waals surface area contributed by atoms with Crippen molar-refractivity contribution in [3.8, 4) is 0 Å². The Kier molecular flexibility index (Phi) is 4.09. The van der Waals surface area contributed by atoms with Gasteiger partial charge in [0.2, 0.25) is 0 Å². The highest BCUT2D eigenvalue weighted by Crippen LogP contribution is 2.21. The van der Waals surface area contributed by atoms with Gasteiger partial charge in [-0.25, -0.2) is 0 Å². The van der Waals surface area contributed by atoms with Crippen molar-refractivity contribution in [2.75, 3.05) is 23.3 Å². The summed E-state index contributed by atoms with van der Waals surface area (Å²) in [4.78, 5) is 19.0. The Morgan fingerprint density at radius 1 is 1.14 bits per heavy atom. The molecule has 0 spiro atoms. The predicted molar refractivity (Wildman–Crippen MR) is 89.6 cm³/mol. The maximum Gasteiger partial charge on any atom is 0.257 e. The Morgan fingerprint density at radius 2 is 1.91 bits per heavy atom. The number of anilines is 2. The fraction of sp³-hybridized carbons (Fsp3) is 0.333. The van der Waals surface area contributed by atoms with Crippen molar-refractivity contribution in [3.05, 3.63) is 53.3 Å². The third-order valence-electron chi connectivity index (χ3n) is 4.10. The van der Waals surface area contributed by atoms with Crippen molar-refractivity contribution in [1.82, 2.24) is 4.98 Å². The van der Waals surface area contributed by atoms with Gasteiger partial charge in [0.25, 0.3) is 5.91 Å². The number of pyridine rings is 1. The number of aryl methyl sites for hydroxylation is 2. The SMILES string of the molecule is Cc1ccc(C)c(NC(=O)c2cncc(N3CCCC3)c2)c1. The van der Waals surface area contributed by atoms with Gasteiger partial charge >= 0.3 is 0 Å². The summed E-state index contributed by atoms with van der Waals surface area (Å²) in [7, 11) is 0. The van der Waals surface area contributed by atoms with E-state index in [1.54, 1.807) is 6.20 Å². The van der Waals surface area contributed by atoms with Crippen LogP contribution in [0.25, 0.3) is 0 Å². The van der Waals surface area contributed by atoms with Gasteiger partial charge in [-0.1, -0.05) is 12.1 Å². The lowest BCUT2D eigenvalue weighted by Gasteiger charge is -2.17. The number of carbonyl (C=O) groups is 1. The van der Waals surface area contributed by atoms with E-state index in [9.17, 15) is 4.79 Å². The zero-order valence-corrected chi connectivity index (χ0v) is 13.1. The predicted octanol–water partition coefficient (Wildman–Crippen LogP) is 3.55. The number of amides is 1. The molecule has 1 amide bonds. The average molecular weight is 295 g/mol. The Balaban J connectivity index is 1.80. The van der Waals surface area contributed by atoms with Crippen LogP contribution >= 0.6 is 0 Å². The van der Waals surface area contributed by atoms with Gasteiger partial charge in [0.05, 0.1) is 17.4 Å². The molecule has 4 nitrogen and oxygen atoms in total. The second kappa shape index (κ2) is 6.18. The van der Waals surface area contributed by atoms with Crippen LogP contribution in [0.4, 0.5) is 11.4 Å². The molecule has 1 aromatic heterocycles. The Hall–Kier alpha value is -2.36. The third kappa shape index (κ3) is 3.11. The molecule has 4 heteroatoms. The van der Waals surface area contributed by atoms with Gasteiger partial charge in [0.15, 0.2) is 0 Å². The molecule has 1 aliphatic heterocycles. The number of benzene rings is 1. The van der Waals surface area contributed by atoms with Gasteiger partial charge in [-0.05, 0) is 49.9 Å². The van der Waals surface area contributed by atoms with Gasteiger partial charge in [0.1, 0.15) is 0 Å². The zero-order chi connectivity index (χ0) is 15.5. The minimum Gasteiger partial charge on any atom is -0.370 e. The number of hydrogen-bond acceptors (Lipinski definition) is 3. The summed E-state index contributed by atoms with van der Waals surface area (Å²) in [5, 5.41) is 2.99. The number of nitrogens with one attached hydrogen (secondary N) is 1. The van der Waals surface area contributed by atoms with Crippen LogP contribution < -0.4 is 10.2 Å². The van der Waals surface area contributed by atoms with E-state index < -0.39 is 0 Å². The summed E-state index contributed by atoms with van der Waals surface area (Å²) in [6.07, 6.45) is 5.87. The minimum absolute atomic E-state index is 0.109. The van der Waals surface area contributed by atoms with Crippen LogP contribution in [0.1, 0.15) is 34.3 Å². The summed E-state index contributed by atoms with van der Waals surface area (Å²) < 4.78 is 0. The molecule has 22 heavy (non-hydrogen) atoms. The molecule has 3 rings (SSSR count). The smallest absolute Gasteiger partial charge is 0.257 e. The molecular weight excluding hydrogens is 274 g/mol. The molecule has 1 aromatic carbocycles. The van der Waals surface area contributed by atoms with Crippen molar-refractivity contribution in [1.29, 1.82) is 0 Å². The molecule has 1 saturated heterocycles. The Bertz CT molecular complexity index is 690. The van der Waals surface area contributed by atoms with Crippen LogP contribution in [0.15, 0.2) is 36.7 Å². The van der Waals surface area contributed by atoms with E-state index in [2.05, 4.69) is 15.2 Å². The van der Waals surface area contributed by atoms with Crippen molar-refractivity contribution in [2.24, 2.45) is 0 Å². The second-order valence-corrected chi connectivity index (χ2v) is 5.90. The van der Waals surface area contributed by atoms with Gasteiger partial charge in [-0.15, -0.1) is 0 Å². The summed E-state index contributed by atoms with van der Waals surface area (Å²) in [6.45, 7) is 6.10. The van der Waals surface area contributed by atoms with E-state index in [-0.39, 0.29) is 5.91 Å². The van der Waals surface area contributed by atoms with Crippen molar-refractivity contribution in [3.63, 3.8) is 0 Å². The molecule has 2 heterocycles. The van der Waals surface area contributed by atoms with Gasteiger partial charge in [-0.3, -0.25) is 9.78 Å². The number of carbonyl (C=O) groups excluding carboxylic acids is 1. The lowest BCUT2D eigenvalue weighted by atomic mass is 10.1. The second-order valence-electron chi connectivity index (χ2n) is 5.90. The molecule has 1 aliphatic rings. The van der Waals surface area contributed by atoms with Crippen LogP contribution in [0.3, 0.4) is 0 Å². The fourth-order valence-corrected chi connectivity index (χ4v) is 2.77. The van der Waals surface area contributed by atoms with Gasteiger partial charge in [-0.2, -0.15) is 0 Å². The average Bonchev–Trinajstić information content (AvgIpc) is 3.05. The molecule has 2 aromatic rings. The molecule has 0 radical (unpaired) electrons. The molecule has 1 N–H and O–H groups in total. The van der Waals surface area contributed by atoms with Gasteiger partial charge in [0, 0.05) is 25.0 Å².